The van der Waals surface area contributed by atoms with Gasteiger partial charge in [-0.25, -0.2) is 4.98 Å². The summed E-state index contributed by atoms with van der Waals surface area (Å²) in [6, 6.07) is 17.3. The van der Waals surface area contributed by atoms with Gasteiger partial charge in [-0.1, -0.05) is 18.2 Å². The second-order valence-corrected chi connectivity index (χ2v) is 5.31. The Morgan fingerprint density at radius 2 is 1.08 bits per heavy atom. The van der Waals surface area contributed by atoms with E-state index in [9.17, 15) is 0 Å². The minimum absolute atomic E-state index is 0.696. The molecule has 0 fully saturated rings. The summed E-state index contributed by atoms with van der Waals surface area (Å²) in [4.78, 5) is 4.71. The molecular formula is C17H11N7. The molecular weight excluding hydrogens is 302 g/mol. The molecule has 0 aromatic carbocycles. The van der Waals surface area contributed by atoms with Crippen LogP contribution in [0, 0.1) is 0 Å². The van der Waals surface area contributed by atoms with Crippen molar-refractivity contribution in [3.05, 3.63) is 67.0 Å². The normalized spacial score (nSPS) is 11.3. The van der Waals surface area contributed by atoms with Gasteiger partial charge in [-0.3, -0.25) is 8.80 Å². The minimum atomic E-state index is 0.696. The van der Waals surface area contributed by atoms with Crippen LogP contribution in [0.1, 0.15) is 0 Å². The summed E-state index contributed by atoms with van der Waals surface area (Å²) in [5.74, 6) is 1.39. The van der Waals surface area contributed by atoms with Crippen molar-refractivity contribution in [2.24, 2.45) is 0 Å². The van der Waals surface area contributed by atoms with Crippen LogP contribution in [0.2, 0.25) is 0 Å². The average molecular weight is 313 g/mol. The van der Waals surface area contributed by atoms with Crippen molar-refractivity contribution in [1.82, 2.24) is 34.2 Å². The molecule has 0 aliphatic heterocycles. The molecule has 0 atom stereocenters. The van der Waals surface area contributed by atoms with Gasteiger partial charge >= 0.3 is 0 Å². The van der Waals surface area contributed by atoms with Crippen LogP contribution in [0.4, 0.5) is 0 Å². The average Bonchev–Trinajstić information content (AvgIpc) is 3.26. The first kappa shape index (κ1) is 12.9. The van der Waals surface area contributed by atoms with E-state index in [2.05, 4.69) is 20.4 Å². The van der Waals surface area contributed by atoms with Crippen molar-refractivity contribution in [3.8, 4) is 23.0 Å². The molecule has 0 saturated carbocycles. The maximum atomic E-state index is 4.71. The van der Waals surface area contributed by atoms with Crippen LogP contribution in [0.15, 0.2) is 67.0 Å². The van der Waals surface area contributed by atoms with Crippen LogP contribution < -0.4 is 0 Å². The number of pyridine rings is 3. The maximum Gasteiger partial charge on any atom is 0.187 e. The van der Waals surface area contributed by atoms with E-state index in [1.807, 2.05) is 75.8 Å². The summed E-state index contributed by atoms with van der Waals surface area (Å²) in [6.45, 7) is 0. The van der Waals surface area contributed by atoms with E-state index in [1.165, 1.54) is 0 Å². The predicted octanol–water partition coefficient (Wildman–Crippen LogP) is 2.50. The Balaban J connectivity index is 1.69. The number of aromatic nitrogens is 7. The van der Waals surface area contributed by atoms with Crippen LogP contribution in [0.5, 0.6) is 0 Å². The van der Waals surface area contributed by atoms with Gasteiger partial charge in [0.15, 0.2) is 22.9 Å². The van der Waals surface area contributed by atoms with Crippen molar-refractivity contribution >= 4 is 11.3 Å². The molecule has 5 heterocycles. The Morgan fingerprint density at radius 3 is 1.62 bits per heavy atom. The van der Waals surface area contributed by atoms with Gasteiger partial charge in [-0.15, -0.1) is 20.4 Å². The monoisotopic (exact) mass is 313 g/mol. The highest BCUT2D eigenvalue weighted by Gasteiger charge is 2.13. The van der Waals surface area contributed by atoms with E-state index in [1.54, 1.807) is 0 Å². The van der Waals surface area contributed by atoms with Crippen molar-refractivity contribution in [2.45, 2.75) is 0 Å². The Labute approximate surface area is 136 Å². The second-order valence-electron chi connectivity index (χ2n) is 5.31. The first-order valence-electron chi connectivity index (χ1n) is 7.47. The number of hydrogen-bond donors (Lipinski definition) is 0. The quantitative estimate of drug-likeness (QED) is 0.500. The first-order chi connectivity index (χ1) is 11.9. The SMILES string of the molecule is c1cc(-c2nnc3ccccn23)nc(-c2nnc3ccccn23)c1. The van der Waals surface area contributed by atoms with Crippen molar-refractivity contribution in [2.75, 3.05) is 0 Å². The number of rotatable bonds is 2. The Kier molecular flexibility index (Phi) is 2.66. The minimum Gasteiger partial charge on any atom is -0.281 e. The molecule has 0 N–H and O–H groups in total. The van der Waals surface area contributed by atoms with Crippen molar-refractivity contribution in [3.63, 3.8) is 0 Å². The van der Waals surface area contributed by atoms with Gasteiger partial charge in [0.25, 0.3) is 0 Å². The molecule has 5 rings (SSSR count). The zero-order chi connectivity index (χ0) is 15.9. The molecule has 0 aliphatic carbocycles. The lowest BCUT2D eigenvalue weighted by Gasteiger charge is -2.03. The molecule has 0 aliphatic rings. The van der Waals surface area contributed by atoms with E-state index in [0.717, 1.165) is 22.7 Å². The van der Waals surface area contributed by atoms with Crippen LogP contribution in [-0.4, -0.2) is 34.2 Å². The summed E-state index contributed by atoms with van der Waals surface area (Å²) in [7, 11) is 0. The van der Waals surface area contributed by atoms with Crippen LogP contribution in [0.3, 0.4) is 0 Å². The van der Waals surface area contributed by atoms with E-state index in [4.69, 9.17) is 4.98 Å². The van der Waals surface area contributed by atoms with Crippen LogP contribution in [-0.2, 0) is 0 Å². The van der Waals surface area contributed by atoms with Crippen molar-refractivity contribution < 1.29 is 0 Å². The summed E-state index contributed by atoms with van der Waals surface area (Å²) >= 11 is 0. The Bertz CT molecular complexity index is 1080. The Hall–Kier alpha value is -3.61. The van der Waals surface area contributed by atoms with E-state index < -0.39 is 0 Å². The fourth-order valence-corrected chi connectivity index (χ4v) is 2.72. The fourth-order valence-electron chi connectivity index (χ4n) is 2.72. The van der Waals surface area contributed by atoms with Gasteiger partial charge in [0, 0.05) is 12.4 Å². The molecule has 0 amide bonds. The number of fused-ring (bicyclic) bond motifs is 2. The second kappa shape index (κ2) is 4.95. The standard InChI is InChI=1S/C17H11N7/c1-3-10-23-14(8-1)19-21-16(23)12-6-5-7-13(18-12)17-22-20-15-9-2-4-11-24(15)17/h1-11H. The van der Waals surface area contributed by atoms with Gasteiger partial charge < -0.3 is 0 Å². The molecule has 7 heteroatoms. The van der Waals surface area contributed by atoms with Gasteiger partial charge in [-0.05, 0) is 36.4 Å². The first-order valence-corrected chi connectivity index (χ1v) is 7.47. The van der Waals surface area contributed by atoms with E-state index in [-0.39, 0.29) is 0 Å². The highest BCUT2D eigenvalue weighted by atomic mass is 15.3. The molecule has 0 unspecified atom stereocenters. The molecule has 114 valence electrons. The lowest BCUT2D eigenvalue weighted by Crippen LogP contribution is -1.95. The summed E-state index contributed by atoms with van der Waals surface area (Å²) in [6.07, 6.45) is 3.84. The third-order valence-electron chi connectivity index (χ3n) is 3.83. The van der Waals surface area contributed by atoms with Gasteiger partial charge in [0.2, 0.25) is 0 Å². The van der Waals surface area contributed by atoms with Crippen LogP contribution >= 0.6 is 0 Å². The fraction of sp³-hybridized carbons (Fsp3) is 0. The molecule has 7 nitrogen and oxygen atoms in total. The van der Waals surface area contributed by atoms with E-state index in [0.29, 0.717) is 11.6 Å². The molecule has 0 spiro atoms. The highest BCUT2D eigenvalue weighted by Crippen LogP contribution is 2.21. The zero-order valence-electron chi connectivity index (χ0n) is 12.5. The van der Waals surface area contributed by atoms with Gasteiger partial charge in [0.1, 0.15) is 11.4 Å². The van der Waals surface area contributed by atoms with E-state index >= 15 is 0 Å². The van der Waals surface area contributed by atoms with Crippen LogP contribution in [0.25, 0.3) is 34.3 Å². The smallest absolute Gasteiger partial charge is 0.187 e. The summed E-state index contributed by atoms with van der Waals surface area (Å²) < 4.78 is 3.82. The summed E-state index contributed by atoms with van der Waals surface area (Å²) in [5, 5.41) is 16.9. The lowest BCUT2D eigenvalue weighted by atomic mass is 10.2. The van der Waals surface area contributed by atoms with Crippen molar-refractivity contribution in [1.29, 1.82) is 0 Å². The molecule has 0 radical (unpaired) electrons. The van der Waals surface area contributed by atoms with Gasteiger partial charge in [-0.2, -0.15) is 0 Å². The highest BCUT2D eigenvalue weighted by molar-refractivity contribution is 5.61. The topological polar surface area (TPSA) is 73.3 Å². The predicted molar refractivity (Wildman–Crippen MR) is 88.2 cm³/mol. The van der Waals surface area contributed by atoms with Gasteiger partial charge in [0.05, 0.1) is 0 Å². The lowest BCUT2D eigenvalue weighted by molar-refractivity contribution is 1.07. The molecule has 0 bridgehead atoms. The summed E-state index contributed by atoms with van der Waals surface area (Å²) in [5.41, 5.74) is 3.04. The molecule has 24 heavy (non-hydrogen) atoms. The molecule has 5 aromatic heterocycles. The largest absolute Gasteiger partial charge is 0.281 e. The molecule has 5 aromatic rings. The third-order valence-corrected chi connectivity index (χ3v) is 3.83. The number of hydrogen-bond acceptors (Lipinski definition) is 5. The molecule has 0 saturated heterocycles. The number of nitrogens with zero attached hydrogens (tertiary/aromatic N) is 7. The Morgan fingerprint density at radius 1 is 0.542 bits per heavy atom. The maximum absolute atomic E-state index is 4.71. The zero-order valence-corrected chi connectivity index (χ0v) is 12.5. The third kappa shape index (κ3) is 1.88.